The van der Waals surface area contributed by atoms with Crippen LogP contribution in [0.3, 0.4) is 0 Å². The van der Waals surface area contributed by atoms with Crippen molar-refractivity contribution in [3.05, 3.63) is 82.6 Å². The Hall–Kier alpha value is -3.87. The Morgan fingerprint density at radius 2 is 1.94 bits per heavy atom. The lowest BCUT2D eigenvalue weighted by molar-refractivity contribution is 0.414. The summed E-state index contributed by atoms with van der Waals surface area (Å²) in [7, 11) is 5.63. The van der Waals surface area contributed by atoms with Gasteiger partial charge in [-0.25, -0.2) is 9.97 Å². The van der Waals surface area contributed by atoms with Crippen LogP contribution in [0.4, 0.5) is 5.69 Å². The first-order valence-corrected chi connectivity index (χ1v) is 11.0. The summed E-state index contributed by atoms with van der Waals surface area (Å²) < 4.78 is 9.03. The van der Waals surface area contributed by atoms with E-state index < -0.39 is 0 Å². The van der Waals surface area contributed by atoms with Gasteiger partial charge in [-0.3, -0.25) is 9.36 Å². The Labute approximate surface area is 192 Å². The van der Waals surface area contributed by atoms with Crippen molar-refractivity contribution in [2.75, 3.05) is 26.1 Å². The summed E-state index contributed by atoms with van der Waals surface area (Å²) in [5, 5.41) is 0.894. The van der Waals surface area contributed by atoms with Crippen molar-refractivity contribution in [2.24, 2.45) is 0 Å². The van der Waals surface area contributed by atoms with Gasteiger partial charge in [-0.05, 0) is 37.1 Å². The van der Waals surface area contributed by atoms with Gasteiger partial charge in [0.2, 0.25) is 0 Å². The number of anilines is 1. The number of benzene rings is 1. The summed E-state index contributed by atoms with van der Waals surface area (Å²) in [5.74, 6) is 0.797. The maximum Gasteiger partial charge on any atom is 0.278 e. The van der Waals surface area contributed by atoms with Crippen LogP contribution in [0, 0.1) is 0 Å². The van der Waals surface area contributed by atoms with Crippen molar-refractivity contribution < 1.29 is 4.74 Å². The number of hydrogen-bond acceptors (Lipinski definition) is 5. The van der Waals surface area contributed by atoms with Crippen LogP contribution in [0.5, 0.6) is 5.75 Å². The molecule has 0 spiro atoms. The molecule has 1 unspecified atom stereocenters. The highest BCUT2D eigenvalue weighted by Gasteiger charge is 2.22. The molecule has 1 atom stereocenters. The molecule has 0 N–H and O–H groups in total. The Balaban J connectivity index is 1.76. The number of hydrogen-bond donors (Lipinski definition) is 0. The van der Waals surface area contributed by atoms with Gasteiger partial charge in [-0.1, -0.05) is 35.9 Å². The lowest BCUT2D eigenvalue weighted by atomic mass is 10.0. The van der Waals surface area contributed by atoms with Crippen molar-refractivity contribution in [1.82, 2.24) is 19.1 Å². The van der Waals surface area contributed by atoms with Crippen LogP contribution in [0.2, 0.25) is 0 Å². The smallest absolute Gasteiger partial charge is 0.278 e. The van der Waals surface area contributed by atoms with Crippen molar-refractivity contribution >= 4 is 27.8 Å². The highest BCUT2D eigenvalue weighted by atomic mass is 16.5. The average molecular weight is 442 g/mol. The zero-order chi connectivity index (χ0) is 23.1. The second-order valence-corrected chi connectivity index (χ2v) is 8.62. The third-order valence-corrected chi connectivity index (χ3v) is 6.25. The summed E-state index contributed by atoms with van der Waals surface area (Å²) in [6, 6.07) is 9.80. The zero-order valence-electron chi connectivity index (χ0n) is 19.3. The molecular formula is C26H27N5O2. The SMILES string of the molecule is COc1ccc(Cn2c3nccc(N(C)C)c3c3ncn(C4C=CC(C)=CC4)c(=O)c32)cc1. The zero-order valence-corrected chi connectivity index (χ0v) is 19.3. The molecule has 3 aromatic heterocycles. The van der Waals surface area contributed by atoms with Crippen LogP contribution in [0.25, 0.3) is 22.1 Å². The van der Waals surface area contributed by atoms with E-state index in [1.807, 2.05) is 53.9 Å². The minimum atomic E-state index is -0.0566. The topological polar surface area (TPSA) is 65.2 Å². The van der Waals surface area contributed by atoms with Crippen molar-refractivity contribution in [2.45, 2.75) is 25.9 Å². The molecule has 33 heavy (non-hydrogen) atoms. The van der Waals surface area contributed by atoms with Gasteiger partial charge in [0.1, 0.15) is 22.4 Å². The minimum absolute atomic E-state index is 0.0492. The fourth-order valence-electron chi connectivity index (χ4n) is 4.46. The number of pyridine rings is 1. The largest absolute Gasteiger partial charge is 0.497 e. The third-order valence-electron chi connectivity index (χ3n) is 6.25. The fourth-order valence-corrected chi connectivity index (χ4v) is 4.46. The maximum absolute atomic E-state index is 13.9. The van der Waals surface area contributed by atoms with Crippen LogP contribution >= 0.6 is 0 Å². The molecule has 168 valence electrons. The molecule has 0 amide bonds. The summed E-state index contributed by atoms with van der Waals surface area (Å²) in [4.78, 5) is 25.4. The number of methoxy groups -OCH3 is 1. The van der Waals surface area contributed by atoms with E-state index in [1.54, 1.807) is 24.2 Å². The third kappa shape index (κ3) is 3.59. The standard InChI is InChI=1S/C26H27N5O2/c1-17-5-9-19(10-6-17)31-16-28-23-22-21(29(2)3)13-14-27-25(22)30(24(23)26(31)32)15-18-7-11-20(33-4)12-8-18/h5-9,11-14,16,19H,10,15H2,1-4H3. The minimum Gasteiger partial charge on any atom is -0.497 e. The highest BCUT2D eigenvalue weighted by Crippen LogP contribution is 2.33. The molecule has 3 heterocycles. The van der Waals surface area contributed by atoms with Crippen LogP contribution < -0.4 is 15.2 Å². The molecule has 4 aromatic rings. The van der Waals surface area contributed by atoms with Gasteiger partial charge in [0, 0.05) is 26.8 Å². The van der Waals surface area contributed by atoms with Crippen LogP contribution in [-0.2, 0) is 6.54 Å². The van der Waals surface area contributed by atoms with E-state index in [4.69, 9.17) is 9.72 Å². The first kappa shape index (κ1) is 21.0. The Bertz CT molecular complexity index is 1460. The molecule has 0 fully saturated rings. The van der Waals surface area contributed by atoms with Gasteiger partial charge in [0.25, 0.3) is 5.56 Å². The maximum atomic E-state index is 13.9. The molecule has 1 aliphatic carbocycles. The van der Waals surface area contributed by atoms with Crippen molar-refractivity contribution in [3.63, 3.8) is 0 Å². The highest BCUT2D eigenvalue weighted by molar-refractivity contribution is 6.10. The number of allylic oxidation sites excluding steroid dienone is 4. The summed E-state index contributed by atoms with van der Waals surface area (Å²) >= 11 is 0. The lowest BCUT2D eigenvalue weighted by Crippen LogP contribution is -2.26. The van der Waals surface area contributed by atoms with Gasteiger partial charge in [-0.15, -0.1) is 0 Å². The Morgan fingerprint density at radius 1 is 1.15 bits per heavy atom. The summed E-state index contributed by atoms with van der Waals surface area (Å²) in [5.41, 5.74) is 5.20. The van der Waals surface area contributed by atoms with E-state index in [9.17, 15) is 4.79 Å². The quantitative estimate of drug-likeness (QED) is 0.462. The summed E-state index contributed by atoms with van der Waals surface area (Å²) in [6.45, 7) is 2.58. The number of ether oxygens (including phenoxy) is 1. The monoisotopic (exact) mass is 441 g/mol. The van der Waals surface area contributed by atoms with E-state index in [1.165, 1.54) is 5.57 Å². The molecule has 0 saturated carbocycles. The Morgan fingerprint density at radius 3 is 2.61 bits per heavy atom. The second-order valence-electron chi connectivity index (χ2n) is 8.62. The molecule has 0 aliphatic heterocycles. The normalized spacial score (nSPS) is 15.8. The predicted molar refractivity (Wildman–Crippen MR) is 132 cm³/mol. The second kappa shape index (κ2) is 8.24. The molecule has 1 aromatic carbocycles. The first-order chi connectivity index (χ1) is 16.0. The number of rotatable bonds is 5. The van der Waals surface area contributed by atoms with Crippen LogP contribution in [0.15, 0.2) is 71.5 Å². The first-order valence-electron chi connectivity index (χ1n) is 11.0. The molecule has 7 nitrogen and oxygen atoms in total. The van der Waals surface area contributed by atoms with Gasteiger partial charge < -0.3 is 14.2 Å². The molecule has 0 radical (unpaired) electrons. The lowest BCUT2D eigenvalue weighted by Gasteiger charge is -2.18. The van der Waals surface area contributed by atoms with Crippen LogP contribution in [0.1, 0.15) is 24.9 Å². The van der Waals surface area contributed by atoms with E-state index in [0.717, 1.165) is 34.5 Å². The molecule has 5 rings (SSSR count). The van der Waals surface area contributed by atoms with Gasteiger partial charge in [-0.2, -0.15) is 0 Å². The Kier molecular flexibility index (Phi) is 5.24. The summed E-state index contributed by atoms with van der Waals surface area (Å²) in [6.07, 6.45) is 10.5. The van der Waals surface area contributed by atoms with Crippen LogP contribution in [-0.4, -0.2) is 40.3 Å². The predicted octanol–water partition coefficient (Wildman–Crippen LogP) is 4.32. The fraction of sp³-hybridized carbons (Fsp3) is 0.269. The molecular weight excluding hydrogens is 414 g/mol. The van der Waals surface area contributed by atoms with Crippen molar-refractivity contribution in [3.8, 4) is 5.75 Å². The number of nitrogens with zero attached hydrogens (tertiary/aromatic N) is 5. The van der Waals surface area contributed by atoms with E-state index in [-0.39, 0.29) is 11.6 Å². The van der Waals surface area contributed by atoms with Gasteiger partial charge in [0.15, 0.2) is 0 Å². The molecule has 1 aliphatic rings. The molecule has 0 saturated heterocycles. The number of aromatic nitrogens is 4. The average Bonchev–Trinajstić information content (AvgIpc) is 3.15. The molecule has 0 bridgehead atoms. The van der Waals surface area contributed by atoms with E-state index in [2.05, 4.69) is 30.1 Å². The van der Waals surface area contributed by atoms with E-state index in [0.29, 0.717) is 17.6 Å². The molecule has 7 heteroatoms. The van der Waals surface area contributed by atoms with E-state index >= 15 is 0 Å². The van der Waals surface area contributed by atoms with Crippen molar-refractivity contribution in [1.29, 1.82) is 0 Å². The number of fused-ring (bicyclic) bond motifs is 3. The van der Waals surface area contributed by atoms with Gasteiger partial charge in [0.05, 0.1) is 30.6 Å². The van der Waals surface area contributed by atoms with Gasteiger partial charge >= 0.3 is 0 Å².